The molecular formula is C8H8N3. The third-order valence-electron chi connectivity index (χ3n) is 2.00. The fraction of sp³-hybridized carbons (Fsp3) is 0.500. The molecule has 0 amide bonds. The minimum Gasteiger partial charge on any atom is -0.192 e. The highest BCUT2D eigenvalue weighted by Crippen LogP contribution is 2.35. The molecule has 55 valence electrons. The Morgan fingerprint density at radius 1 is 1.55 bits per heavy atom. The molecule has 3 nitrogen and oxygen atoms in total. The molecule has 0 unspecified atom stereocenters. The molecule has 1 saturated carbocycles. The van der Waals surface area contributed by atoms with Crippen LogP contribution in [0.15, 0.2) is 16.4 Å². The Kier molecular flexibility index (Phi) is 1.22. The second kappa shape index (κ2) is 2.09. The van der Waals surface area contributed by atoms with Crippen LogP contribution in [0.3, 0.4) is 0 Å². The lowest BCUT2D eigenvalue weighted by molar-refractivity contribution is 0.887. The van der Waals surface area contributed by atoms with Crippen LogP contribution in [0.4, 0.5) is 0 Å². The number of hydrogen-bond donors (Lipinski definition) is 0. The highest BCUT2D eigenvalue weighted by Gasteiger charge is 2.33. The second-order valence-electron chi connectivity index (χ2n) is 2.93. The molecule has 1 aliphatic carbocycles. The number of nitriles is 1. The summed E-state index contributed by atoms with van der Waals surface area (Å²) in [6.07, 6.45) is 2.35. The van der Waals surface area contributed by atoms with E-state index in [0.29, 0.717) is 11.5 Å². The van der Waals surface area contributed by atoms with Crippen LogP contribution in [0.5, 0.6) is 0 Å². The molecule has 0 atom stereocenters. The SMILES string of the molecule is CC1=C(C#N)C(C2CC2)=N[N]1. The zero-order chi connectivity index (χ0) is 7.84. The molecule has 0 aromatic heterocycles. The van der Waals surface area contributed by atoms with Gasteiger partial charge in [-0.3, -0.25) is 0 Å². The van der Waals surface area contributed by atoms with Crippen molar-refractivity contribution in [2.45, 2.75) is 19.8 Å². The quantitative estimate of drug-likeness (QED) is 0.547. The van der Waals surface area contributed by atoms with Crippen LogP contribution in [0.25, 0.3) is 0 Å². The topological polar surface area (TPSA) is 50.2 Å². The molecule has 0 N–H and O–H groups in total. The van der Waals surface area contributed by atoms with E-state index in [-0.39, 0.29) is 0 Å². The average Bonchev–Trinajstić information content (AvgIpc) is 2.76. The Hall–Kier alpha value is -1.30. The first-order valence-corrected chi connectivity index (χ1v) is 3.73. The van der Waals surface area contributed by atoms with Gasteiger partial charge in [0.05, 0.1) is 17.0 Å². The van der Waals surface area contributed by atoms with Gasteiger partial charge in [0, 0.05) is 5.92 Å². The van der Waals surface area contributed by atoms with Crippen molar-refractivity contribution in [1.29, 1.82) is 5.26 Å². The van der Waals surface area contributed by atoms with Gasteiger partial charge in [0.2, 0.25) is 0 Å². The van der Waals surface area contributed by atoms with E-state index < -0.39 is 0 Å². The van der Waals surface area contributed by atoms with Crippen LogP contribution in [0, 0.1) is 17.2 Å². The lowest BCUT2D eigenvalue weighted by Crippen LogP contribution is -2.00. The highest BCUT2D eigenvalue weighted by molar-refractivity contribution is 6.07. The predicted molar refractivity (Wildman–Crippen MR) is 40.6 cm³/mol. The van der Waals surface area contributed by atoms with E-state index in [9.17, 15) is 0 Å². The zero-order valence-corrected chi connectivity index (χ0v) is 6.33. The molecule has 0 aromatic rings. The Morgan fingerprint density at radius 2 is 2.27 bits per heavy atom. The lowest BCUT2D eigenvalue weighted by Gasteiger charge is -1.91. The fourth-order valence-electron chi connectivity index (χ4n) is 1.19. The van der Waals surface area contributed by atoms with E-state index in [4.69, 9.17) is 5.26 Å². The van der Waals surface area contributed by atoms with Crippen molar-refractivity contribution in [3.8, 4) is 6.07 Å². The summed E-state index contributed by atoms with van der Waals surface area (Å²) >= 11 is 0. The summed E-state index contributed by atoms with van der Waals surface area (Å²) in [5.41, 5.74) is 6.27. The zero-order valence-electron chi connectivity index (χ0n) is 6.33. The summed E-state index contributed by atoms with van der Waals surface area (Å²) in [4.78, 5) is 0. The average molecular weight is 146 g/mol. The Morgan fingerprint density at radius 3 is 2.82 bits per heavy atom. The normalized spacial score (nSPS) is 22.7. The van der Waals surface area contributed by atoms with Gasteiger partial charge < -0.3 is 0 Å². The van der Waals surface area contributed by atoms with Gasteiger partial charge in [-0.25, -0.2) is 0 Å². The van der Waals surface area contributed by atoms with Crippen LogP contribution in [0.1, 0.15) is 19.8 Å². The van der Waals surface area contributed by atoms with E-state index in [2.05, 4.69) is 16.6 Å². The number of nitrogens with zero attached hydrogens (tertiary/aromatic N) is 3. The van der Waals surface area contributed by atoms with E-state index in [1.807, 2.05) is 6.92 Å². The van der Waals surface area contributed by atoms with Gasteiger partial charge in [0.25, 0.3) is 0 Å². The first-order valence-electron chi connectivity index (χ1n) is 3.73. The first-order chi connectivity index (χ1) is 5.33. The van der Waals surface area contributed by atoms with Gasteiger partial charge in [-0.1, -0.05) is 0 Å². The maximum atomic E-state index is 8.73. The van der Waals surface area contributed by atoms with Crippen molar-refractivity contribution < 1.29 is 0 Å². The van der Waals surface area contributed by atoms with Crippen molar-refractivity contribution in [2.75, 3.05) is 0 Å². The first kappa shape index (κ1) is 6.41. The Labute approximate surface area is 65.4 Å². The van der Waals surface area contributed by atoms with Gasteiger partial charge in [0.15, 0.2) is 0 Å². The van der Waals surface area contributed by atoms with Gasteiger partial charge in [-0.05, 0) is 19.8 Å². The van der Waals surface area contributed by atoms with E-state index >= 15 is 0 Å². The van der Waals surface area contributed by atoms with Crippen molar-refractivity contribution in [3.05, 3.63) is 11.3 Å². The molecule has 2 rings (SSSR count). The van der Waals surface area contributed by atoms with Gasteiger partial charge in [-0.2, -0.15) is 15.8 Å². The maximum Gasteiger partial charge on any atom is 0.103 e. The molecule has 1 heterocycles. The molecule has 0 aromatic carbocycles. The minimum absolute atomic E-state index is 0.533. The molecule has 11 heavy (non-hydrogen) atoms. The summed E-state index contributed by atoms with van der Waals surface area (Å²) in [5, 5.41) is 12.7. The number of hydrogen-bond acceptors (Lipinski definition) is 2. The predicted octanol–water partition coefficient (Wildman–Crippen LogP) is 1.17. The minimum atomic E-state index is 0.533. The number of rotatable bonds is 1. The third kappa shape index (κ3) is 0.911. The summed E-state index contributed by atoms with van der Waals surface area (Å²) < 4.78 is 0. The van der Waals surface area contributed by atoms with Gasteiger partial charge >= 0.3 is 0 Å². The van der Waals surface area contributed by atoms with Crippen molar-refractivity contribution in [1.82, 2.24) is 5.43 Å². The van der Waals surface area contributed by atoms with Gasteiger partial charge in [-0.15, -0.1) is 0 Å². The monoisotopic (exact) mass is 146 g/mol. The molecule has 3 heteroatoms. The molecule has 2 aliphatic rings. The lowest BCUT2D eigenvalue weighted by atomic mass is 10.1. The van der Waals surface area contributed by atoms with Crippen LogP contribution >= 0.6 is 0 Å². The summed E-state index contributed by atoms with van der Waals surface area (Å²) in [6.45, 7) is 1.83. The van der Waals surface area contributed by atoms with Gasteiger partial charge in [0.1, 0.15) is 6.07 Å². The van der Waals surface area contributed by atoms with Crippen LogP contribution < -0.4 is 5.43 Å². The fourth-order valence-corrected chi connectivity index (χ4v) is 1.19. The smallest absolute Gasteiger partial charge is 0.103 e. The molecule has 1 fully saturated rings. The van der Waals surface area contributed by atoms with Crippen LogP contribution in [-0.2, 0) is 0 Å². The Bertz CT molecular complexity index is 289. The highest BCUT2D eigenvalue weighted by atomic mass is 15.3. The largest absolute Gasteiger partial charge is 0.192 e. The standard InChI is InChI=1S/C8H8N3/c1-5-7(4-9)8(11-10-5)6-2-3-6/h6H,2-3H2,1H3. The molecule has 1 aliphatic heterocycles. The van der Waals surface area contributed by atoms with Crippen molar-refractivity contribution >= 4 is 5.71 Å². The van der Waals surface area contributed by atoms with Crippen molar-refractivity contribution in [3.63, 3.8) is 0 Å². The summed E-state index contributed by atoms with van der Waals surface area (Å²) in [6, 6.07) is 2.14. The maximum absolute atomic E-state index is 8.73. The van der Waals surface area contributed by atoms with E-state index in [1.54, 1.807) is 0 Å². The van der Waals surface area contributed by atoms with E-state index in [0.717, 1.165) is 11.4 Å². The molecule has 1 radical (unpaired) electrons. The second-order valence-corrected chi connectivity index (χ2v) is 2.93. The summed E-state index contributed by atoms with van der Waals surface area (Å²) in [5.74, 6) is 0.533. The third-order valence-corrected chi connectivity index (χ3v) is 2.00. The van der Waals surface area contributed by atoms with Crippen molar-refractivity contribution in [2.24, 2.45) is 11.0 Å². The molecule has 0 bridgehead atoms. The van der Waals surface area contributed by atoms with Crippen LogP contribution in [-0.4, -0.2) is 5.71 Å². The Balaban J connectivity index is 2.30. The van der Waals surface area contributed by atoms with Crippen LogP contribution in [0.2, 0.25) is 0 Å². The molecule has 0 saturated heterocycles. The van der Waals surface area contributed by atoms with E-state index in [1.165, 1.54) is 12.8 Å². The molecule has 0 spiro atoms. The molecular weight excluding hydrogens is 138 g/mol. The summed E-state index contributed by atoms with van der Waals surface area (Å²) in [7, 11) is 0. The number of allylic oxidation sites excluding steroid dienone is 2.